The molecule has 8 heteroatoms. The molecule has 0 aliphatic rings. The lowest BCUT2D eigenvalue weighted by atomic mass is 10.2. The average molecular weight is 435 g/mol. The highest BCUT2D eigenvalue weighted by molar-refractivity contribution is 9.10. The predicted molar refractivity (Wildman–Crippen MR) is 86.1 cm³/mol. The maximum Gasteiger partial charge on any atom is 0.335 e. The van der Waals surface area contributed by atoms with Crippen LogP contribution in [0.5, 0.6) is 0 Å². The standard InChI is InChI=1S/C13H9Br2NO4S/c14-9-2-4-10(5-3-9)16-21(19,20)12-7-8(13(17)18)1-6-11(12)15/h1-7,16H,(H,17,18). The summed E-state index contributed by atoms with van der Waals surface area (Å²) in [5.41, 5.74) is 0.278. The molecular weight excluding hydrogens is 426 g/mol. The van der Waals surface area contributed by atoms with Crippen molar-refractivity contribution in [3.8, 4) is 0 Å². The lowest BCUT2D eigenvalue weighted by molar-refractivity contribution is 0.0696. The third-order valence-electron chi connectivity index (χ3n) is 2.56. The van der Waals surface area contributed by atoms with Gasteiger partial charge in [-0.3, -0.25) is 4.72 Å². The SMILES string of the molecule is O=C(O)c1ccc(Br)c(S(=O)(=O)Nc2ccc(Br)cc2)c1. The first-order chi connectivity index (χ1) is 9.79. The van der Waals surface area contributed by atoms with Gasteiger partial charge in [-0.1, -0.05) is 15.9 Å². The van der Waals surface area contributed by atoms with Crippen LogP contribution in [0, 0.1) is 0 Å². The maximum atomic E-state index is 12.3. The van der Waals surface area contributed by atoms with Crippen molar-refractivity contribution < 1.29 is 18.3 Å². The monoisotopic (exact) mass is 433 g/mol. The van der Waals surface area contributed by atoms with Gasteiger partial charge in [-0.05, 0) is 58.4 Å². The van der Waals surface area contributed by atoms with Crippen LogP contribution in [-0.4, -0.2) is 19.5 Å². The summed E-state index contributed by atoms with van der Waals surface area (Å²) >= 11 is 6.38. The molecule has 0 heterocycles. The second kappa shape index (κ2) is 6.17. The zero-order valence-electron chi connectivity index (χ0n) is 10.4. The van der Waals surface area contributed by atoms with Crippen LogP contribution in [0.2, 0.25) is 0 Å². The Bertz CT molecular complexity index is 788. The predicted octanol–water partition coefficient (Wildman–Crippen LogP) is 3.71. The van der Waals surface area contributed by atoms with Crippen LogP contribution in [0.1, 0.15) is 10.4 Å². The Morgan fingerprint density at radius 2 is 1.67 bits per heavy atom. The van der Waals surface area contributed by atoms with Crippen LogP contribution in [0.3, 0.4) is 0 Å². The van der Waals surface area contributed by atoms with Gasteiger partial charge >= 0.3 is 5.97 Å². The Kier molecular flexibility index (Phi) is 4.70. The first-order valence-corrected chi connectivity index (χ1v) is 8.68. The van der Waals surface area contributed by atoms with E-state index in [1.165, 1.54) is 12.1 Å². The Labute approximate surface area is 138 Å². The molecule has 5 nitrogen and oxygen atoms in total. The van der Waals surface area contributed by atoms with Crippen molar-refractivity contribution in [1.29, 1.82) is 0 Å². The number of sulfonamides is 1. The molecule has 0 atom stereocenters. The van der Waals surface area contributed by atoms with Gasteiger partial charge in [0.15, 0.2) is 0 Å². The Morgan fingerprint density at radius 3 is 2.24 bits per heavy atom. The lowest BCUT2D eigenvalue weighted by Crippen LogP contribution is -2.14. The molecule has 0 amide bonds. The van der Waals surface area contributed by atoms with E-state index in [4.69, 9.17) is 5.11 Å². The first-order valence-electron chi connectivity index (χ1n) is 5.61. The normalized spacial score (nSPS) is 11.1. The third-order valence-corrected chi connectivity index (χ3v) is 5.47. The number of hydrogen-bond acceptors (Lipinski definition) is 3. The molecule has 0 aromatic heterocycles. The van der Waals surface area contributed by atoms with Crippen LogP contribution in [0.4, 0.5) is 5.69 Å². The van der Waals surface area contributed by atoms with E-state index >= 15 is 0 Å². The number of hydrogen-bond donors (Lipinski definition) is 2. The van der Waals surface area contributed by atoms with Gasteiger partial charge in [-0.2, -0.15) is 0 Å². The molecule has 0 aliphatic carbocycles. The van der Waals surface area contributed by atoms with Crippen LogP contribution in [-0.2, 0) is 10.0 Å². The molecule has 2 rings (SSSR count). The average Bonchev–Trinajstić information content (AvgIpc) is 2.41. The zero-order chi connectivity index (χ0) is 15.6. The fourth-order valence-corrected chi connectivity index (χ4v) is 3.88. The molecule has 0 unspecified atom stereocenters. The second-order valence-corrected chi connectivity index (χ2v) is 7.48. The largest absolute Gasteiger partial charge is 0.478 e. The van der Waals surface area contributed by atoms with Crippen molar-refractivity contribution in [3.05, 3.63) is 57.0 Å². The number of rotatable bonds is 4. The van der Waals surface area contributed by atoms with E-state index in [1.54, 1.807) is 24.3 Å². The van der Waals surface area contributed by atoms with Gasteiger partial charge in [-0.15, -0.1) is 0 Å². The fraction of sp³-hybridized carbons (Fsp3) is 0. The molecule has 0 spiro atoms. The van der Waals surface area contributed by atoms with Gasteiger partial charge < -0.3 is 5.11 Å². The number of carboxylic acid groups (broad SMARTS) is 1. The summed E-state index contributed by atoms with van der Waals surface area (Å²) in [7, 11) is -3.89. The van der Waals surface area contributed by atoms with Crippen LogP contribution in [0.25, 0.3) is 0 Å². The molecule has 110 valence electrons. The van der Waals surface area contributed by atoms with Crippen molar-refractivity contribution in [1.82, 2.24) is 0 Å². The summed E-state index contributed by atoms with van der Waals surface area (Å²) in [5, 5.41) is 8.95. The highest BCUT2D eigenvalue weighted by atomic mass is 79.9. The van der Waals surface area contributed by atoms with Crippen LogP contribution < -0.4 is 4.72 Å². The van der Waals surface area contributed by atoms with Crippen molar-refractivity contribution in [3.63, 3.8) is 0 Å². The molecule has 0 saturated carbocycles. The van der Waals surface area contributed by atoms with E-state index in [-0.39, 0.29) is 14.9 Å². The molecule has 0 fully saturated rings. The van der Waals surface area contributed by atoms with E-state index in [0.29, 0.717) is 5.69 Å². The summed E-state index contributed by atoms with van der Waals surface area (Å²) < 4.78 is 28.2. The zero-order valence-corrected chi connectivity index (χ0v) is 14.4. The fourth-order valence-electron chi connectivity index (χ4n) is 1.57. The van der Waals surface area contributed by atoms with Crippen molar-refractivity contribution in [2.75, 3.05) is 4.72 Å². The summed E-state index contributed by atoms with van der Waals surface area (Å²) in [4.78, 5) is 10.8. The second-order valence-electron chi connectivity index (χ2n) is 4.06. The van der Waals surface area contributed by atoms with Gasteiger partial charge in [-0.25, -0.2) is 13.2 Å². The molecule has 2 aromatic rings. The summed E-state index contributed by atoms with van der Waals surface area (Å²) in [6.45, 7) is 0. The smallest absolute Gasteiger partial charge is 0.335 e. The van der Waals surface area contributed by atoms with Gasteiger partial charge in [0.1, 0.15) is 4.90 Å². The number of halogens is 2. The van der Waals surface area contributed by atoms with Gasteiger partial charge in [0.2, 0.25) is 0 Å². The van der Waals surface area contributed by atoms with Crippen molar-refractivity contribution in [2.45, 2.75) is 4.90 Å². The van der Waals surface area contributed by atoms with Gasteiger partial charge in [0.05, 0.1) is 5.56 Å². The number of anilines is 1. The van der Waals surface area contributed by atoms with E-state index in [2.05, 4.69) is 36.6 Å². The van der Waals surface area contributed by atoms with E-state index in [0.717, 1.165) is 10.5 Å². The highest BCUT2D eigenvalue weighted by Gasteiger charge is 2.20. The van der Waals surface area contributed by atoms with Crippen molar-refractivity contribution in [2.24, 2.45) is 0 Å². The highest BCUT2D eigenvalue weighted by Crippen LogP contribution is 2.26. The molecule has 2 aromatic carbocycles. The molecule has 0 radical (unpaired) electrons. The van der Waals surface area contributed by atoms with Crippen LogP contribution in [0.15, 0.2) is 56.3 Å². The Morgan fingerprint density at radius 1 is 1.05 bits per heavy atom. The molecule has 2 N–H and O–H groups in total. The van der Waals surface area contributed by atoms with E-state index in [9.17, 15) is 13.2 Å². The molecule has 0 saturated heterocycles. The minimum absolute atomic E-state index is 0.102. The number of carbonyl (C=O) groups is 1. The quantitative estimate of drug-likeness (QED) is 0.768. The number of carboxylic acids is 1. The summed E-state index contributed by atoms with van der Waals surface area (Å²) in [6, 6.07) is 10.4. The Balaban J connectivity index is 2.41. The molecule has 21 heavy (non-hydrogen) atoms. The third kappa shape index (κ3) is 3.84. The van der Waals surface area contributed by atoms with E-state index in [1.807, 2.05) is 0 Å². The topological polar surface area (TPSA) is 83.5 Å². The minimum atomic E-state index is -3.89. The van der Waals surface area contributed by atoms with Crippen molar-refractivity contribution >= 4 is 53.5 Å². The maximum absolute atomic E-state index is 12.3. The lowest BCUT2D eigenvalue weighted by Gasteiger charge is -2.10. The molecule has 0 aliphatic heterocycles. The van der Waals surface area contributed by atoms with E-state index < -0.39 is 16.0 Å². The van der Waals surface area contributed by atoms with Gasteiger partial charge in [0, 0.05) is 14.6 Å². The van der Waals surface area contributed by atoms with Crippen LogP contribution >= 0.6 is 31.9 Å². The molecular formula is C13H9Br2NO4S. The number of nitrogens with one attached hydrogen (secondary N) is 1. The minimum Gasteiger partial charge on any atom is -0.478 e. The molecule has 0 bridgehead atoms. The Hall–Kier alpha value is -1.38. The van der Waals surface area contributed by atoms with Gasteiger partial charge in [0.25, 0.3) is 10.0 Å². The first kappa shape index (κ1) is 16.0. The number of benzene rings is 2. The summed E-state index contributed by atoms with van der Waals surface area (Å²) in [5.74, 6) is -1.19. The summed E-state index contributed by atoms with van der Waals surface area (Å²) in [6.07, 6.45) is 0. The number of aromatic carboxylic acids is 1.